The van der Waals surface area contributed by atoms with Gasteiger partial charge in [0.1, 0.15) is 11.9 Å². The molecule has 1 aliphatic carbocycles. The van der Waals surface area contributed by atoms with Crippen molar-refractivity contribution in [1.82, 2.24) is 4.90 Å². The Morgan fingerprint density at radius 1 is 1.36 bits per heavy atom. The minimum Gasteiger partial charge on any atom is -0.497 e. The van der Waals surface area contributed by atoms with Crippen LogP contribution >= 0.6 is 0 Å². The Morgan fingerprint density at radius 2 is 2.27 bits per heavy atom. The largest absolute Gasteiger partial charge is 0.497 e. The first-order valence-corrected chi connectivity index (χ1v) is 8.04. The molecule has 2 fully saturated rings. The van der Waals surface area contributed by atoms with Crippen LogP contribution in [0, 0.1) is 5.92 Å². The van der Waals surface area contributed by atoms with Gasteiger partial charge in [-0.3, -0.25) is 0 Å². The molecule has 0 amide bonds. The van der Waals surface area contributed by atoms with Crippen molar-refractivity contribution >= 4 is 0 Å². The van der Waals surface area contributed by atoms with Crippen LogP contribution in [0.25, 0.3) is 0 Å². The van der Waals surface area contributed by atoms with E-state index in [1.54, 1.807) is 7.11 Å². The molecule has 22 heavy (non-hydrogen) atoms. The molecule has 0 bridgehead atoms. The van der Waals surface area contributed by atoms with Gasteiger partial charge in [-0.15, -0.1) is 0 Å². The first-order valence-electron chi connectivity index (χ1n) is 8.04. The molecule has 3 aliphatic rings. The summed E-state index contributed by atoms with van der Waals surface area (Å²) in [7, 11) is 3.89. The summed E-state index contributed by atoms with van der Waals surface area (Å²) in [4.78, 5) is 2.43. The Kier molecular flexibility index (Phi) is 3.48. The Hall–Kier alpha value is -1.36. The quantitative estimate of drug-likeness (QED) is 0.786. The number of benzene rings is 1. The van der Waals surface area contributed by atoms with E-state index in [0.29, 0.717) is 18.6 Å². The topological polar surface area (TPSA) is 30.9 Å². The third-order valence-corrected chi connectivity index (χ3v) is 5.25. The number of likely N-dealkylation sites (tertiary alicyclic amines) is 1. The maximum Gasteiger partial charge on any atom is 0.190 e. The molecule has 2 aliphatic heterocycles. The molecule has 0 saturated carbocycles. The van der Waals surface area contributed by atoms with E-state index in [-0.39, 0.29) is 6.10 Å². The first-order chi connectivity index (χ1) is 10.7. The van der Waals surface area contributed by atoms with E-state index >= 15 is 0 Å². The van der Waals surface area contributed by atoms with Crippen LogP contribution in [0.15, 0.2) is 36.4 Å². The lowest BCUT2D eigenvalue weighted by Gasteiger charge is -2.36. The van der Waals surface area contributed by atoms with Crippen LogP contribution in [-0.4, -0.2) is 44.0 Å². The zero-order chi connectivity index (χ0) is 15.2. The van der Waals surface area contributed by atoms with Gasteiger partial charge in [-0.2, -0.15) is 0 Å². The Labute approximate surface area is 131 Å². The molecule has 1 aromatic carbocycles. The fourth-order valence-corrected chi connectivity index (χ4v) is 3.93. The Balaban J connectivity index is 1.53. The number of hydrogen-bond donors (Lipinski definition) is 0. The molecule has 4 unspecified atom stereocenters. The Bertz CT molecular complexity index is 587. The molecule has 4 rings (SSSR count). The van der Waals surface area contributed by atoms with Crippen LogP contribution < -0.4 is 4.74 Å². The van der Waals surface area contributed by atoms with E-state index in [4.69, 9.17) is 14.2 Å². The molecule has 4 nitrogen and oxygen atoms in total. The van der Waals surface area contributed by atoms with Crippen molar-refractivity contribution in [2.75, 3.05) is 27.3 Å². The number of rotatable bonds is 2. The number of nitrogens with zero attached hydrogens (tertiary/aromatic N) is 1. The molecule has 4 heteroatoms. The third-order valence-electron chi connectivity index (χ3n) is 5.25. The average Bonchev–Trinajstić information content (AvgIpc) is 3.13. The summed E-state index contributed by atoms with van der Waals surface area (Å²) in [6.45, 7) is 1.76. The van der Waals surface area contributed by atoms with Gasteiger partial charge in [-0.1, -0.05) is 18.2 Å². The van der Waals surface area contributed by atoms with E-state index in [0.717, 1.165) is 24.3 Å². The fraction of sp³-hybridized carbons (Fsp3) is 0.556. The highest BCUT2D eigenvalue weighted by atomic mass is 16.7. The highest BCUT2D eigenvalue weighted by molar-refractivity contribution is 5.30. The normalized spacial score (nSPS) is 37.6. The molecule has 2 saturated heterocycles. The molecule has 118 valence electrons. The molecule has 0 aromatic heterocycles. The van der Waals surface area contributed by atoms with Crippen molar-refractivity contribution in [2.45, 2.75) is 30.8 Å². The summed E-state index contributed by atoms with van der Waals surface area (Å²) in [5.41, 5.74) is 1.12. The molecular weight excluding hydrogens is 278 g/mol. The zero-order valence-electron chi connectivity index (χ0n) is 13.2. The zero-order valence-corrected chi connectivity index (χ0v) is 13.2. The molecule has 0 radical (unpaired) electrons. The van der Waals surface area contributed by atoms with E-state index in [9.17, 15) is 0 Å². The molecular formula is C18H23NO3. The molecule has 1 aromatic rings. The smallest absolute Gasteiger partial charge is 0.190 e. The van der Waals surface area contributed by atoms with Crippen molar-refractivity contribution in [3.8, 4) is 5.75 Å². The van der Waals surface area contributed by atoms with Gasteiger partial charge in [-0.05, 0) is 49.7 Å². The second-order valence-corrected chi connectivity index (χ2v) is 6.57. The van der Waals surface area contributed by atoms with Gasteiger partial charge in [0, 0.05) is 12.5 Å². The molecule has 0 N–H and O–H groups in total. The first kappa shape index (κ1) is 14.2. The highest BCUT2D eigenvalue weighted by Gasteiger charge is 2.47. The fourth-order valence-electron chi connectivity index (χ4n) is 3.93. The lowest BCUT2D eigenvalue weighted by atomic mass is 9.87. The Morgan fingerprint density at radius 3 is 3.14 bits per heavy atom. The van der Waals surface area contributed by atoms with Gasteiger partial charge >= 0.3 is 0 Å². The second-order valence-electron chi connectivity index (χ2n) is 6.57. The summed E-state index contributed by atoms with van der Waals surface area (Å²) in [5, 5.41) is 0. The van der Waals surface area contributed by atoms with Gasteiger partial charge < -0.3 is 19.1 Å². The number of methoxy groups -OCH3 is 1. The van der Waals surface area contributed by atoms with Crippen molar-refractivity contribution in [3.63, 3.8) is 0 Å². The lowest BCUT2D eigenvalue weighted by Crippen LogP contribution is -2.42. The van der Waals surface area contributed by atoms with E-state index in [1.165, 1.54) is 6.42 Å². The number of ether oxygens (including phenoxy) is 3. The molecule has 4 atom stereocenters. The van der Waals surface area contributed by atoms with Gasteiger partial charge in [-0.25, -0.2) is 0 Å². The van der Waals surface area contributed by atoms with Crippen LogP contribution in [0.5, 0.6) is 5.75 Å². The van der Waals surface area contributed by atoms with Gasteiger partial charge in [0.05, 0.1) is 13.7 Å². The van der Waals surface area contributed by atoms with Crippen LogP contribution in [0.3, 0.4) is 0 Å². The SMILES string of the molecule is COc1cccc(C2COC3(C=CC4CCN(C)C4C3)O2)c1. The van der Waals surface area contributed by atoms with Gasteiger partial charge in [0.2, 0.25) is 0 Å². The summed E-state index contributed by atoms with van der Waals surface area (Å²) in [6.07, 6.45) is 6.58. The maximum atomic E-state index is 6.34. The average molecular weight is 301 g/mol. The van der Waals surface area contributed by atoms with Crippen LogP contribution in [0.1, 0.15) is 24.5 Å². The van der Waals surface area contributed by atoms with E-state index in [2.05, 4.69) is 30.2 Å². The standard InChI is InChI=1S/C18H23NO3/c1-19-9-7-13-6-8-18(11-16(13)19)21-12-17(22-18)14-4-3-5-15(10-14)20-2/h3-6,8,10,13,16-17H,7,9,11-12H2,1-2H3. The summed E-state index contributed by atoms with van der Waals surface area (Å²) in [5.74, 6) is 0.962. The van der Waals surface area contributed by atoms with Crippen LogP contribution in [-0.2, 0) is 9.47 Å². The summed E-state index contributed by atoms with van der Waals surface area (Å²) < 4.78 is 17.7. The third kappa shape index (κ3) is 2.35. The maximum absolute atomic E-state index is 6.34. The summed E-state index contributed by atoms with van der Waals surface area (Å²) >= 11 is 0. The minimum atomic E-state index is -0.548. The van der Waals surface area contributed by atoms with Crippen LogP contribution in [0.2, 0.25) is 0 Å². The van der Waals surface area contributed by atoms with Crippen molar-refractivity contribution in [1.29, 1.82) is 0 Å². The number of hydrogen-bond acceptors (Lipinski definition) is 4. The molecule has 2 heterocycles. The van der Waals surface area contributed by atoms with Crippen molar-refractivity contribution in [3.05, 3.63) is 42.0 Å². The predicted molar refractivity (Wildman–Crippen MR) is 83.8 cm³/mol. The second kappa shape index (κ2) is 5.37. The van der Waals surface area contributed by atoms with Crippen molar-refractivity contribution in [2.24, 2.45) is 5.92 Å². The van der Waals surface area contributed by atoms with Gasteiger partial charge in [0.25, 0.3) is 0 Å². The van der Waals surface area contributed by atoms with Gasteiger partial charge in [0.15, 0.2) is 5.79 Å². The lowest BCUT2D eigenvalue weighted by molar-refractivity contribution is -0.148. The van der Waals surface area contributed by atoms with Crippen LogP contribution in [0.4, 0.5) is 0 Å². The molecule has 1 spiro atoms. The van der Waals surface area contributed by atoms with Crippen molar-refractivity contribution < 1.29 is 14.2 Å². The highest BCUT2D eigenvalue weighted by Crippen LogP contribution is 2.44. The predicted octanol–water partition coefficient (Wildman–Crippen LogP) is 2.76. The summed E-state index contributed by atoms with van der Waals surface area (Å²) in [6, 6.07) is 8.60. The number of fused-ring (bicyclic) bond motifs is 1. The minimum absolute atomic E-state index is 0.0250. The van der Waals surface area contributed by atoms with E-state index < -0.39 is 5.79 Å². The van der Waals surface area contributed by atoms with E-state index in [1.807, 2.05) is 18.2 Å². The monoisotopic (exact) mass is 301 g/mol.